The van der Waals surface area contributed by atoms with Crippen molar-refractivity contribution in [1.29, 1.82) is 5.26 Å². The summed E-state index contributed by atoms with van der Waals surface area (Å²) in [5.74, 6) is 0. The van der Waals surface area contributed by atoms with Crippen LogP contribution in [0.15, 0.2) is 18.2 Å². The van der Waals surface area contributed by atoms with Gasteiger partial charge in [0, 0.05) is 11.3 Å². The van der Waals surface area contributed by atoms with Crippen molar-refractivity contribution in [3.8, 4) is 6.07 Å². The molecule has 0 aromatic heterocycles. The number of halogens is 1. The Morgan fingerprint density at radius 3 is 3.00 bits per heavy atom. The average molecular weight is 267 g/mol. The SMILES string of the molecule is CSC1CCCC1Nc1cccc(Cl)c1C#N. The molecule has 2 rings (SSSR count). The Kier molecular flexibility index (Phi) is 4.20. The minimum atomic E-state index is 0.454. The van der Waals surface area contributed by atoms with Crippen LogP contribution < -0.4 is 5.32 Å². The van der Waals surface area contributed by atoms with E-state index in [9.17, 15) is 0 Å². The second kappa shape index (κ2) is 5.66. The lowest BCUT2D eigenvalue weighted by molar-refractivity contribution is 0.768. The fourth-order valence-corrected chi connectivity index (χ4v) is 3.48. The highest BCUT2D eigenvalue weighted by Crippen LogP contribution is 2.32. The van der Waals surface area contributed by atoms with Crippen molar-refractivity contribution in [2.24, 2.45) is 0 Å². The van der Waals surface area contributed by atoms with Gasteiger partial charge in [0.25, 0.3) is 0 Å². The van der Waals surface area contributed by atoms with Gasteiger partial charge in [0.15, 0.2) is 0 Å². The lowest BCUT2D eigenvalue weighted by Crippen LogP contribution is -2.26. The maximum Gasteiger partial charge on any atom is 0.103 e. The summed E-state index contributed by atoms with van der Waals surface area (Å²) in [6.07, 6.45) is 5.82. The Labute approximate surface area is 111 Å². The van der Waals surface area contributed by atoms with Crippen molar-refractivity contribution in [3.63, 3.8) is 0 Å². The second-order valence-corrected chi connectivity index (χ2v) is 5.71. The van der Waals surface area contributed by atoms with Gasteiger partial charge in [-0.25, -0.2) is 0 Å². The molecular formula is C13H15ClN2S. The molecule has 2 unspecified atom stereocenters. The first-order valence-electron chi connectivity index (χ1n) is 5.74. The minimum Gasteiger partial charge on any atom is -0.380 e. The number of anilines is 1. The Hall–Kier alpha value is -0.850. The van der Waals surface area contributed by atoms with E-state index in [1.807, 2.05) is 23.9 Å². The maximum absolute atomic E-state index is 9.12. The third kappa shape index (κ3) is 2.70. The first-order valence-corrected chi connectivity index (χ1v) is 7.40. The van der Waals surface area contributed by atoms with Crippen LogP contribution in [0.2, 0.25) is 5.02 Å². The third-order valence-electron chi connectivity index (χ3n) is 3.22. The van der Waals surface area contributed by atoms with Crippen molar-refractivity contribution >= 4 is 29.1 Å². The predicted molar refractivity (Wildman–Crippen MR) is 74.7 cm³/mol. The van der Waals surface area contributed by atoms with E-state index in [4.69, 9.17) is 16.9 Å². The highest BCUT2D eigenvalue weighted by molar-refractivity contribution is 7.99. The highest BCUT2D eigenvalue weighted by Gasteiger charge is 2.26. The summed E-state index contributed by atoms with van der Waals surface area (Å²) in [6.45, 7) is 0. The van der Waals surface area contributed by atoms with E-state index < -0.39 is 0 Å². The molecule has 0 saturated heterocycles. The van der Waals surface area contributed by atoms with Gasteiger partial charge in [0.1, 0.15) is 6.07 Å². The molecule has 0 spiro atoms. The fraction of sp³-hybridized carbons (Fsp3) is 0.462. The zero-order chi connectivity index (χ0) is 12.3. The van der Waals surface area contributed by atoms with Crippen LogP contribution in [0.1, 0.15) is 24.8 Å². The molecular weight excluding hydrogens is 252 g/mol. The summed E-state index contributed by atoms with van der Waals surface area (Å²) in [6, 6.07) is 8.19. The Morgan fingerprint density at radius 1 is 1.47 bits per heavy atom. The van der Waals surface area contributed by atoms with Gasteiger partial charge in [-0.2, -0.15) is 17.0 Å². The molecule has 0 bridgehead atoms. The zero-order valence-corrected chi connectivity index (χ0v) is 11.3. The highest BCUT2D eigenvalue weighted by atomic mass is 35.5. The largest absolute Gasteiger partial charge is 0.380 e. The molecule has 2 nitrogen and oxygen atoms in total. The molecule has 0 heterocycles. The monoisotopic (exact) mass is 266 g/mol. The van der Waals surface area contributed by atoms with Gasteiger partial charge in [-0.1, -0.05) is 24.1 Å². The topological polar surface area (TPSA) is 35.8 Å². The number of hydrogen-bond donors (Lipinski definition) is 1. The normalized spacial score (nSPS) is 23.4. The molecule has 1 N–H and O–H groups in total. The number of thioether (sulfide) groups is 1. The van der Waals surface area contributed by atoms with E-state index in [0.717, 1.165) is 5.69 Å². The summed E-state index contributed by atoms with van der Waals surface area (Å²) < 4.78 is 0. The van der Waals surface area contributed by atoms with Crippen LogP contribution in [0, 0.1) is 11.3 Å². The number of rotatable bonds is 3. The fourth-order valence-electron chi connectivity index (χ4n) is 2.33. The molecule has 1 aromatic rings. The smallest absolute Gasteiger partial charge is 0.103 e. The molecule has 0 amide bonds. The molecule has 2 atom stereocenters. The molecule has 1 aliphatic carbocycles. The summed E-state index contributed by atoms with van der Waals surface area (Å²) in [4.78, 5) is 0. The van der Waals surface area contributed by atoms with Crippen LogP contribution in [0.5, 0.6) is 0 Å². The Morgan fingerprint density at radius 2 is 2.29 bits per heavy atom. The van der Waals surface area contributed by atoms with Crippen molar-refractivity contribution in [2.75, 3.05) is 11.6 Å². The number of nitriles is 1. The molecule has 1 saturated carbocycles. The first kappa shape index (κ1) is 12.6. The van der Waals surface area contributed by atoms with E-state index in [2.05, 4.69) is 17.6 Å². The summed E-state index contributed by atoms with van der Waals surface area (Å²) in [5.41, 5.74) is 1.42. The molecule has 17 heavy (non-hydrogen) atoms. The summed E-state index contributed by atoms with van der Waals surface area (Å²) in [7, 11) is 0. The first-order chi connectivity index (χ1) is 8.26. The van der Waals surface area contributed by atoms with Gasteiger partial charge in [0.2, 0.25) is 0 Å². The van der Waals surface area contributed by atoms with Gasteiger partial charge < -0.3 is 5.32 Å². The average Bonchev–Trinajstić information content (AvgIpc) is 2.77. The number of hydrogen-bond acceptors (Lipinski definition) is 3. The van der Waals surface area contributed by atoms with E-state index in [1.165, 1.54) is 19.3 Å². The van der Waals surface area contributed by atoms with Crippen LogP contribution in [0.3, 0.4) is 0 Å². The molecule has 1 aliphatic rings. The van der Waals surface area contributed by atoms with Gasteiger partial charge in [-0.15, -0.1) is 0 Å². The van der Waals surface area contributed by atoms with E-state index >= 15 is 0 Å². The van der Waals surface area contributed by atoms with Gasteiger partial charge in [0.05, 0.1) is 16.3 Å². The van der Waals surface area contributed by atoms with Crippen LogP contribution in [-0.2, 0) is 0 Å². The molecule has 4 heteroatoms. The zero-order valence-electron chi connectivity index (χ0n) is 9.74. The van der Waals surface area contributed by atoms with Crippen LogP contribution in [-0.4, -0.2) is 17.5 Å². The van der Waals surface area contributed by atoms with E-state index in [0.29, 0.717) is 21.9 Å². The number of nitrogens with one attached hydrogen (secondary N) is 1. The maximum atomic E-state index is 9.12. The van der Waals surface area contributed by atoms with Gasteiger partial charge in [-0.05, 0) is 31.2 Å². The summed E-state index contributed by atoms with van der Waals surface area (Å²) >= 11 is 7.92. The van der Waals surface area contributed by atoms with E-state index in [-0.39, 0.29) is 0 Å². The van der Waals surface area contributed by atoms with Crippen molar-refractivity contribution in [3.05, 3.63) is 28.8 Å². The quantitative estimate of drug-likeness (QED) is 0.901. The molecule has 1 fully saturated rings. The van der Waals surface area contributed by atoms with Crippen molar-refractivity contribution in [1.82, 2.24) is 0 Å². The lowest BCUT2D eigenvalue weighted by atomic mass is 10.1. The van der Waals surface area contributed by atoms with Crippen molar-refractivity contribution < 1.29 is 0 Å². The van der Waals surface area contributed by atoms with E-state index in [1.54, 1.807) is 6.07 Å². The second-order valence-electron chi connectivity index (χ2n) is 4.23. The Bertz CT molecular complexity index is 442. The van der Waals surface area contributed by atoms with Gasteiger partial charge in [-0.3, -0.25) is 0 Å². The molecule has 90 valence electrons. The van der Waals surface area contributed by atoms with Crippen molar-refractivity contribution in [2.45, 2.75) is 30.6 Å². The van der Waals surface area contributed by atoms with Crippen LogP contribution in [0.25, 0.3) is 0 Å². The number of nitrogens with zero attached hydrogens (tertiary/aromatic N) is 1. The molecule has 1 aromatic carbocycles. The van der Waals surface area contributed by atoms with Crippen LogP contribution in [0.4, 0.5) is 5.69 Å². The predicted octanol–water partition coefficient (Wildman–Crippen LogP) is 3.91. The summed E-state index contributed by atoms with van der Waals surface area (Å²) in [5, 5.41) is 13.8. The minimum absolute atomic E-state index is 0.454. The molecule has 0 radical (unpaired) electrons. The van der Waals surface area contributed by atoms with Gasteiger partial charge >= 0.3 is 0 Å². The standard InChI is InChI=1S/C13H15ClN2S/c1-17-13-7-3-6-12(13)16-11-5-2-4-10(14)9(11)8-15/h2,4-5,12-13,16H,3,6-7H2,1H3. The third-order valence-corrected chi connectivity index (χ3v) is 4.71. The molecule has 0 aliphatic heterocycles. The number of benzene rings is 1. The Balaban J connectivity index is 2.19. The lowest BCUT2D eigenvalue weighted by Gasteiger charge is -2.21. The van der Waals surface area contributed by atoms with Crippen LogP contribution >= 0.6 is 23.4 Å².